The minimum absolute atomic E-state index is 0.102. The Hall–Kier alpha value is -2.96. The second-order valence-corrected chi connectivity index (χ2v) is 7.64. The van der Waals surface area contributed by atoms with Crippen molar-refractivity contribution in [2.75, 3.05) is 17.2 Å². The van der Waals surface area contributed by atoms with Crippen molar-refractivity contribution in [3.63, 3.8) is 0 Å². The van der Waals surface area contributed by atoms with E-state index in [-0.39, 0.29) is 18.2 Å². The first-order chi connectivity index (χ1) is 14.5. The SMILES string of the molecule is CCOCc1cccc(NC(=O)Cc2ccc(NC(=O)c3ccc(Br)cc3)cc2)c1. The van der Waals surface area contributed by atoms with Gasteiger partial charge in [0.1, 0.15) is 0 Å². The summed E-state index contributed by atoms with van der Waals surface area (Å²) in [7, 11) is 0. The molecule has 3 rings (SSSR count). The zero-order chi connectivity index (χ0) is 21.3. The average molecular weight is 467 g/mol. The van der Waals surface area contributed by atoms with E-state index in [2.05, 4.69) is 26.6 Å². The van der Waals surface area contributed by atoms with E-state index in [9.17, 15) is 9.59 Å². The molecule has 0 aliphatic carbocycles. The fraction of sp³-hybridized carbons (Fsp3) is 0.167. The van der Waals surface area contributed by atoms with E-state index in [4.69, 9.17) is 4.74 Å². The molecule has 0 atom stereocenters. The summed E-state index contributed by atoms with van der Waals surface area (Å²) in [6.07, 6.45) is 0.247. The van der Waals surface area contributed by atoms with Gasteiger partial charge in [-0.25, -0.2) is 0 Å². The minimum Gasteiger partial charge on any atom is -0.377 e. The van der Waals surface area contributed by atoms with Crippen molar-refractivity contribution in [2.45, 2.75) is 20.0 Å². The molecule has 0 spiro atoms. The second-order valence-electron chi connectivity index (χ2n) is 6.72. The number of carbonyl (C=O) groups is 2. The van der Waals surface area contributed by atoms with Gasteiger partial charge in [0.05, 0.1) is 13.0 Å². The number of rotatable bonds is 8. The van der Waals surface area contributed by atoms with Crippen LogP contribution in [0.2, 0.25) is 0 Å². The predicted molar refractivity (Wildman–Crippen MR) is 123 cm³/mol. The van der Waals surface area contributed by atoms with Gasteiger partial charge >= 0.3 is 0 Å². The van der Waals surface area contributed by atoms with Crippen LogP contribution in [-0.4, -0.2) is 18.4 Å². The summed E-state index contributed by atoms with van der Waals surface area (Å²) in [5, 5.41) is 5.77. The molecule has 5 nitrogen and oxygen atoms in total. The summed E-state index contributed by atoms with van der Waals surface area (Å²) in [6.45, 7) is 3.12. The largest absolute Gasteiger partial charge is 0.377 e. The Kier molecular flexibility index (Phi) is 7.76. The summed E-state index contributed by atoms with van der Waals surface area (Å²) >= 11 is 3.35. The normalized spacial score (nSPS) is 10.5. The monoisotopic (exact) mass is 466 g/mol. The Morgan fingerprint density at radius 1 is 0.867 bits per heavy atom. The third-order valence-electron chi connectivity index (χ3n) is 4.37. The fourth-order valence-corrected chi connectivity index (χ4v) is 3.12. The molecule has 0 aliphatic rings. The van der Waals surface area contributed by atoms with Crippen molar-refractivity contribution in [1.82, 2.24) is 0 Å². The lowest BCUT2D eigenvalue weighted by molar-refractivity contribution is -0.115. The molecule has 3 aromatic rings. The molecule has 6 heteroatoms. The van der Waals surface area contributed by atoms with Gasteiger partial charge < -0.3 is 15.4 Å². The standard InChI is InChI=1S/C24H23BrN2O3/c1-2-30-16-18-4-3-5-22(14-18)26-23(28)15-17-6-12-21(13-7-17)27-24(29)19-8-10-20(25)11-9-19/h3-14H,2,15-16H2,1H3,(H,26,28)(H,27,29). The quantitative estimate of drug-likeness (QED) is 0.465. The Morgan fingerprint density at radius 3 is 2.30 bits per heavy atom. The molecule has 0 fully saturated rings. The van der Waals surface area contributed by atoms with Gasteiger partial charge in [0.15, 0.2) is 0 Å². The van der Waals surface area contributed by atoms with E-state index in [0.717, 1.165) is 21.3 Å². The van der Waals surface area contributed by atoms with Crippen LogP contribution in [0.15, 0.2) is 77.3 Å². The van der Waals surface area contributed by atoms with Gasteiger partial charge in [-0.1, -0.05) is 40.2 Å². The van der Waals surface area contributed by atoms with Crippen LogP contribution in [0.4, 0.5) is 11.4 Å². The van der Waals surface area contributed by atoms with Crippen LogP contribution in [0.5, 0.6) is 0 Å². The van der Waals surface area contributed by atoms with Crippen LogP contribution >= 0.6 is 15.9 Å². The predicted octanol–water partition coefficient (Wildman–Crippen LogP) is 5.42. The molecular formula is C24H23BrN2O3. The molecule has 0 bridgehead atoms. The van der Waals surface area contributed by atoms with Gasteiger partial charge in [-0.05, 0) is 66.6 Å². The molecule has 0 saturated heterocycles. The highest BCUT2D eigenvalue weighted by Gasteiger charge is 2.08. The molecule has 0 aliphatic heterocycles. The number of carbonyl (C=O) groups excluding carboxylic acids is 2. The smallest absolute Gasteiger partial charge is 0.255 e. The van der Waals surface area contributed by atoms with Crippen molar-refractivity contribution in [1.29, 1.82) is 0 Å². The summed E-state index contributed by atoms with van der Waals surface area (Å²) in [5.74, 6) is -0.282. The molecule has 2 N–H and O–H groups in total. The molecule has 0 aromatic heterocycles. The van der Waals surface area contributed by atoms with Gasteiger partial charge in [-0.3, -0.25) is 9.59 Å². The minimum atomic E-state index is -0.181. The van der Waals surface area contributed by atoms with Crippen molar-refractivity contribution in [3.8, 4) is 0 Å². The van der Waals surface area contributed by atoms with Gasteiger partial charge in [0.25, 0.3) is 5.91 Å². The van der Waals surface area contributed by atoms with Crippen LogP contribution < -0.4 is 10.6 Å². The maximum atomic E-state index is 12.4. The van der Waals surface area contributed by atoms with E-state index >= 15 is 0 Å². The lowest BCUT2D eigenvalue weighted by Gasteiger charge is -2.09. The number of benzene rings is 3. The second kappa shape index (κ2) is 10.7. The Morgan fingerprint density at radius 2 is 1.60 bits per heavy atom. The first-order valence-electron chi connectivity index (χ1n) is 9.66. The topological polar surface area (TPSA) is 67.4 Å². The van der Waals surface area contributed by atoms with E-state index < -0.39 is 0 Å². The molecule has 0 unspecified atom stereocenters. The number of ether oxygens (including phenoxy) is 1. The van der Waals surface area contributed by atoms with Crippen LogP contribution in [0.3, 0.4) is 0 Å². The number of halogens is 1. The maximum Gasteiger partial charge on any atom is 0.255 e. The molecule has 0 heterocycles. The zero-order valence-corrected chi connectivity index (χ0v) is 18.2. The molecular weight excluding hydrogens is 444 g/mol. The van der Waals surface area contributed by atoms with Crippen molar-refractivity contribution in [3.05, 3.63) is 94.0 Å². The maximum absolute atomic E-state index is 12.4. The summed E-state index contributed by atoms with van der Waals surface area (Å²) in [4.78, 5) is 24.7. The Labute approximate surface area is 184 Å². The first-order valence-corrected chi connectivity index (χ1v) is 10.4. The third-order valence-corrected chi connectivity index (χ3v) is 4.90. The van der Waals surface area contributed by atoms with E-state index in [0.29, 0.717) is 24.5 Å². The van der Waals surface area contributed by atoms with E-state index in [1.165, 1.54) is 0 Å². The lowest BCUT2D eigenvalue weighted by atomic mass is 10.1. The Bertz CT molecular complexity index is 1000. The average Bonchev–Trinajstić information content (AvgIpc) is 2.74. The van der Waals surface area contributed by atoms with Crippen LogP contribution in [0, 0.1) is 0 Å². The van der Waals surface area contributed by atoms with Crippen LogP contribution in [0.1, 0.15) is 28.4 Å². The molecule has 0 radical (unpaired) electrons. The van der Waals surface area contributed by atoms with E-state index in [1.807, 2.05) is 55.5 Å². The summed E-state index contributed by atoms with van der Waals surface area (Å²) < 4.78 is 6.32. The molecule has 2 amide bonds. The highest BCUT2D eigenvalue weighted by molar-refractivity contribution is 9.10. The van der Waals surface area contributed by atoms with Gasteiger partial charge in [0, 0.05) is 28.0 Å². The fourth-order valence-electron chi connectivity index (χ4n) is 2.86. The first kappa shape index (κ1) is 21.7. The highest BCUT2D eigenvalue weighted by Crippen LogP contribution is 2.16. The van der Waals surface area contributed by atoms with Crippen molar-refractivity contribution < 1.29 is 14.3 Å². The number of amides is 2. The lowest BCUT2D eigenvalue weighted by Crippen LogP contribution is -2.15. The van der Waals surface area contributed by atoms with Crippen LogP contribution in [0.25, 0.3) is 0 Å². The van der Waals surface area contributed by atoms with Crippen molar-refractivity contribution in [2.24, 2.45) is 0 Å². The highest BCUT2D eigenvalue weighted by atomic mass is 79.9. The third kappa shape index (κ3) is 6.54. The van der Waals surface area contributed by atoms with Gasteiger partial charge in [0.2, 0.25) is 5.91 Å². The number of hydrogen-bond acceptors (Lipinski definition) is 3. The molecule has 30 heavy (non-hydrogen) atoms. The Balaban J connectivity index is 1.54. The van der Waals surface area contributed by atoms with Crippen LogP contribution in [-0.2, 0) is 22.6 Å². The number of anilines is 2. The van der Waals surface area contributed by atoms with Gasteiger partial charge in [-0.2, -0.15) is 0 Å². The number of hydrogen-bond donors (Lipinski definition) is 2. The zero-order valence-electron chi connectivity index (χ0n) is 16.7. The van der Waals surface area contributed by atoms with Crippen molar-refractivity contribution >= 4 is 39.1 Å². The van der Waals surface area contributed by atoms with E-state index in [1.54, 1.807) is 24.3 Å². The number of nitrogens with one attached hydrogen (secondary N) is 2. The molecule has 0 saturated carbocycles. The molecule has 154 valence electrons. The molecule has 3 aromatic carbocycles. The summed E-state index contributed by atoms with van der Waals surface area (Å²) in [6, 6.07) is 22.0. The van der Waals surface area contributed by atoms with Gasteiger partial charge in [-0.15, -0.1) is 0 Å². The summed E-state index contributed by atoms with van der Waals surface area (Å²) in [5.41, 5.74) is 3.87.